The van der Waals surface area contributed by atoms with Gasteiger partial charge >= 0.3 is 5.63 Å². The Kier molecular flexibility index (Phi) is 6.58. The van der Waals surface area contributed by atoms with E-state index in [2.05, 4.69) is 10.2 Å². The first-order valence-corrected chi connectivity index (χ1v) is 11.7. The molecule has 0 spiro atoms. The smallest absolute Gasteiger partial charge is 0.346 e. The Morgan fingerprint density at radius 1 is 0.912 bits per heavy atom. The van der Waals surface area contributed by atoms with Crippen molar-refractivity contribution in [1.82, 2.24) is 4.90 Å². The zero-order valence-electron chi connectivity index (χ0n) is 18.9. The highest BCUT2D eigenvalue weighted by Gasteiger charge is 2.17. The summed E-state index contributed by atoms with van der Waals surface area (Å²) in [5.74, 6) is 0.443. The summed E-state index contributed by atoms with van der Waals surface area (Å²) in [6.45, 7) is 3.90. The lowest BCUT2D eigenvalue weighted by Gasteiger charge is -2.26. The number of likely N-dealkylation sites (tertiary alicyclic amines) is 1. The van der Waals surface area contributed by atoms with Gasteiger partial charge in [0.2, 0.25) is 0 Å². The predicted molar refractivity (Wildman–Crippen MR) is 133 cm³/mol. The Bertz CT molecular complexity index is 1310. The number of piperidine rings is 1. The van der Waals surface area contributed by atoms with Crippen LogP contribution in [0.5, 0.6) is 5.75 Å². The van der Waals surface area contributed by atoms with Gasteiger partial charge in [0.1, 0.15) is 23.8 Å². The quantitative estimate of drug-likeness (QED) is 0.334. The molecule has 1 saturated heterocycles. The van der Waals surface area contributed by atoms with E-state index in [0.29, 0.717) is 29.0 Å². The summed E-state index contributed by atoms with van der Waals surface area (Å²) < 4.78 is 25.0. The van der Waals surface area contributed by atoms with Gasteiger partial charge in [-0.3, -0.25) is 4.90 Å². The van der Waals surface area contributed by atoms with Gasteiger partial charge in [-0.1, -0.05) is 30.7 Å². The molecule has 4 aromatic rings. The topological polar surface area (TPSA) is 54.7 Å². The van der Waals surface area contributed by atoms with Gasteiger partial charge in [0.25, 0.3) is 0 Å². The maximum absolute atomic E-state index is 13.5. The molecule has 0 radical (unpaired) electrons. The summed E-state index contributed by atoms with van der Waals surface area (Å²) in [4.78, 5) is 15.4. The second kappa shape index (κ2) is 10.1. The van der Waals surface area contributed by atoms with E-state index in [1.165, 1.54) is 31.4 Å². The molecule has 174 valence electrons. The molecule has 34 heavy (non-hydrogen) atoms. The van der Waals surface area contributed by atoms with Crippen molar-refractivity contribution >= 4 is 22.3 Å². The summed E-state index contributed by atoms with van der Waals surface area (Å²) in [6.07, 6.45) is 3.87. The van der Waals surface area contributed by atoms with E-state index in [9.17, 15) is 9.18 Å². The number of anilines is 2. The third kappa shape index (κ3) is 4.97. The van der Waals surface area contributed by atoms with E-state index in [-0.39, 0.29) is 5.82 Å². The van der Waals surface area contributed by atoms with E-state index >= 15 is 0 Å². The van der Waals surface area contributed by atoms with Gasteiger partial charge < -0.3 is 14.5 Å². The van der Waals surface area contributed by atoms with Crippen molar-refractivity contribution in [2.75, 3.05) is 31.6 Å². The minimum atomic E-state index is -0.481. The zero-order valence-corrected chi connectivity index (χ0v) is 18.9. The van der Waals surface area contributed by atoms with Gasteiger partial charge in [-0.15, -0.1) is 0 Å². The molecule has 3 aromatic carbocycles. The molecule has 0 saturated carbocycles. The molecule has 6 heteroatoms. The molecule has 5 rings (SSSR count). The molecule has 0 amide bonds. The number of hydrogen-bond donors (Lipinski definition) is 1. The number of ether oxygens (including phenoxy) is 1. The first-order chi connectivity index (χ1) is 16.7. The molecule has 0 aliphatic carbocycles. The van der Waals surface area contributed by atoms with E-state index in [1.54, 1.807) is 18.2 Å². The average Bonchev–Trinajstić information content (AvgIpc) is 2.87. The van der Waals surface area contributed by atoms with Crippen LogP contribution in [0.1, 0.15) is 19.3 Å². The second-order valence-electron chi connectivity index (χ2n) is 8.54. The van der Waals surface area contributed by atoms with Crippen LogP contribution in [0.15, 0.2) is 82.0 Å². The van der Waals surface area contributed by atoms with Crippen LogP contribution in [0.3, 0.4) is 0 Å². The molecule has 1 N–H and O–H groups in total. The third-order valence-corrected chi connectivity index (χ3v) is 6.19. The highest BCUT2D eigenvalue weighted by Crippen LogP contribution is 2.34. The monoisotopic (exact) mass is 458 g/mol. The fourth-order valence-corrected chi connectivity index (χ4v) is 4.41. The fourth-order valence-electron chi connectivity index (χ4n) is 4.41. The predicted octanol–water partition coefficient (Wildman–Crippen LogP) is 6.21. The summed E-state index contributed by atoms with van der Waals surface area (Å²) in [5.41, 5.74) is 2.38. The Hall–Kier alpha value is -3.64. The van der Waals surface area contributed by atoms with Gasteiger partial charge in [0, 0.05) is 17.6 Å². The molecule has 5 nitrogen and oxygen atoms in total. The van der Waals surface area contributed by atoms with Crippen LogP contribution in [-0.2, 0) is 0 Å². The number of nitrogens with zero attached hydrogens (tertiary/aromatic N) is 1. The first kappa shape index (κ1) is 22.2. The minimum absolute atomic E-state index is 0.362. The van der Waals surface area contributed by atoms with Crippen molar-refractivity contribution < 1.29 is 13.5 Å². The summed E-state index contributed by atoms with van der Waals surface area (Å²) in [6, 6.07) is 20.9. The van der Waals surface area contributed by atoms with Crippen LogP contribution in [0.4, 0.5) is 15.8 Å². The molecule has 0 bridgehead atoms. The van der Waals surface area contributed by atoms with Crippen molar-refractivity contribution in [3.8, 4) is 16.9 Å². The van der Waals surface area contributed by atoms with Crippen molar-refractivity contribution in [3.05, 3.63) is 89.0 Å². The van der Waals surface area contributed by atoms with Gasteiger partial charge in [0.05, 0.1) is 11.3 Å². The van der Waals surface area contributed by atoms with E-state index in [4.69, 9.17) is 9.15 Å². The molecule has 0 atom stereocenters. The highest BCUT2D eigenvalue weighted by molar-refractivity contribution is 5.99. The SMILES string of the molecule is O=c1oc2ccccc2c(Nc2ccc(OCCN3CCCCC3)cc2)c1-c1ccc(F)cc1. The third-order valence-electron chi connectivity index (χ3n) is 6.19. The first-order valence-electron chi connectivity index (χ1n) is 11.7. The Balaban J connectivity index is 1.39. The molecular weight excluding hydrogens is 431 g/mol. The van der Waals surface area contributed by atoms with Crippen LogP contribution in [0.2, 0.25) is 0 Å². The van der Waals surface area contributed by atoms with Gasteiger partial charge in [-0.25, -0.2) is 9.18 Å². The molecule has 1 aliphatic rings. The second-order valence-corrected chi connectivity index (χ2v) is 8.54. The molecular formula is C28H27FN2O3. The molecule has 1 fully saturated rings. The zero-order chi connectivity index (χ0) is 23.3. The largest absolute Gasteiger partial charge is 0.492 e. The van der Waals surface area contributed by atoms with Crippen LogP contribution in [-0.4, -0.2) is 31.1 Å². The summed E-state index contributed by atoms with van der Waals surface area (Å²) in [7, 11) is 0. The van der Waals surface area contributed by atoms with Crippen LogP contribution < -0.4 is 15.7 Å². The Morgan fingerprint density at radius 3 is 2.41 bits per heavy atom. The van der Waals surface area contributed by atoms with Gasteiger partial charge in [-0.2, -0.15) is 0 Å². The van der Waals surface area contributed by atoms with Crippen LogP contribution in [0.25, 0.3) is 22.1 Å². The van der Waals surface area contributed by atoms with Crippen LogP contribution in [0, 0.1) is 5.82 Å². The van der Waals surface area contributed by atoms with Gasteiger partial charge in [0.15, 0.2) is 0 Å². The van der Waals surface area contributed by atoms with Crippen molar-refractivity contribution in [2.45, 2.75) is 19.3 Å². The number of rotatable bonds is 7. The molecule has 1 aromatic heterocycles. The Labute approximate surface area is 197 Å². The lowest BCUT2D eigenvalue weighted by molar-refractivity contribution is 0.183. The minimum Gasteiger partial charge on any atom is -0.492 e. The average molecular weight is 459 g/mol. The van der Waals surface area contributed by atoms with E-state index < -0.39 is 5.63 Å². The number of halogens is 1. The standard InChI is InChI=1S/C28H27FN2O3/c29-21-10-8-20(9-11-21)26-27(24-6-2-3-7-25(24)34-28(26)32)30-22-12-14-23(15-13-22)33-19-18-31-16-4-1-5-17-31/h2-3,6-15,30H,1,4-5,16-19H2. The number of hydrogen-bond acceptors (Lipinski definition) is 5. The normalized spacial score (nSPS) is 14.3. The maximum Gasteiger partial charge on any atom is 0.346 e. The van der Waals surface area contributed by atoms with Crippen molar-refractivity contribution in [3.63, 3.8) is 0 Å². The lowest BCUT2D eigenvalue weighted by Crippen LogP contribution is -2.33. The lowest BCUT2D eigenvalue weighted by atomic mass is 10.0. The van der Waals surface area contributed by atoms with Gasteiger partial charge in [-0.05, 0) is 80.0 Å². The fraction of sp³-hybridized carbons (Fsp3) is 0.250. The Morgan fingerprint density at radius 2 is 1.65 bits per heavy atom. The molecule has 1 aliphatic heterocycles. The van der Waals surface area contributed by atoms with E-state index in [1.807, 2.05) is 42.5 Å². The molecule has 0 unspecified atom stereocenters. The summed E-state index contributed by atoms with van der Waals surface area (Å²) >= 11 is 0. The number of benzene rings is 3. The molecule has 2 heterocycles. The number of fused-ring (bicyclic) bond motifs is 1. The van der Waals surface area contributed by atoms with Crippen LogP contribution >= 0.6 is 0 Å². The summed E-state index contributed by atoms with van der Waals surface area (Å²) in [5, 5.41) is 4.15. The van der Waals surface area contributed by atoms with Crippen molar-refractivity contribution in [2.24, 2.45) is 0 Å². The highest BCUT2D eigenvalue weighted by atomic mass is 19.1. The number of nitrogens with one attached hydrogen (secondary N) is 1. The maximum atomic E-state index is 13.5. The van der Waals surface area contributed by atoms with Crippen molar-refractivity contribution in [1.29, 1.82) is 0 Å². The van der Waals surface area contributed by atoms with E-state index in [0.717, 1.165) is 36.5 Å². The number of para-hydroxylation sites is 1.